The first-order chi connectivity index (χ1) is 15.3. The van der Waals surface area contributed by atoms with Gasteiger partial charge in [0, 0.05) is 29.2 Å². The Morgan fingerprint density at radius 2 is 2.00 bits per heavy atom. The van der Waals surface area contributed by atoms with E-state index < -0.39 is 17.8 Å². The van der Waals surface area contributed by atoms with E-state index in [4.69, 9.17) is 9.26 Å². The van der Waals surface area contributed by atoms with Crippen molar-refractivity contribution in [2.45, 2.75) is 38.9 Å². The predicted octanol–water partition coefficient (Wildman–Crippen LogP) is 5.92. The van der Waals surface area contributed by atoms with E-state index in [1.54, 1.807) is 18.2 Å². The van der Waals surface area contributed by atoms with Crippen molar-refractivity contribution < 1.29 is 32.3 Å². The highest BCUT2D eigenvalue weighted by Crippen LogP contribution is 2.38. The number of carboxylic acid groups (broad SMARTS) is 1. The molecule has 1 N–H and O–H groups in total. The molecular weight excluding hydrogens is 425 g/mol. The van der Waals surface area contributed by atoms with E-state index in [0.717, 1.165) is 5.52 Å². The summed E-state index contributed by atoms with van der Waals surface area (Å²) in [6.07, 6.45) is -0.928. The number of ether oxygens (including phenoxy) is 1. The van der Waals surface area contributed by atoms with Crippen molar-refractivity contribution in [1.29, 1.82) is 0 Å². The van der Waals surface area contributed by atoms with Gasteiger partial charge in [0.1, 0.15) is 5.75 Å². The molecule has 2 heterocycles. The summed E-state index contributed by atoms with van der Waals surface area (Å²) >= 11 is 0. The van der Waals surface area contributed by atoms with E-state index in [1.165, 1.54) is 12.1 Å². The molecule has 0 spiro atoms. The summed E-state index contributed by atoms with van der Waals surface area (Å²) in [5.74, 6) is -0.494. The lowest BCUT2D eigenvalue weighted by molar-refractivity contribution is -0.141. The summed E-state index contributed by atoms with van der Waals surface area (Å²) in [6.45, 7) is 2.85. The average Bonchev–Trinajstić information content (AvgIpc) is 3.36. The molecule has 0 saturated heterocycles. The number of benzene rings is 2. The molecule has 2 aromatic heterocycles. The summed E-state index contributed by atoms with van der Waals surface area (Å²) in [5, 5.41) is 13.1. The van der Waals surface area contributed by atoms with Crippen LogP contribution >= 0.6 is 0 Å². The molecule has 0 aliphatic heterocycles. The molecule has 0 radical (unpaired) electrons. The predicted molar refractivity (Wildman–Crippen MR) is 112 cm³/mol. The topological polar surface area (TPSA) is 77.5 Å². The van der Waals surface area contributed by atoms with Crippen LogP contribution in [-0.4, -0.2) is 27.4 Å². The zero-order valence-corrected chi connectivity index (χ0v) is 17.3. The molecule has 6 nitrogen and oxygen atoms in total. The fourth-order valence-electron chi connectivity index (χ4n) is 3.89. The molecule has 2 aromatic carbocycles. The molecule has 9 heteroatoms. The van der Waals surface area contributed by atoms with Gasteiger partial charge in [0.05, 0.1) is 17.6 Å². The Hall–Kier alpha value is -3.49. The zero-order chi connectivity index (χ0) is 22.9. The second-order valence-electron chi connectivity index (χ2n) is 7.45. The Balaban J connectivity index is 1.49. The number of rotatable bonds is 8. The van der Waals surface area contributed by atoms with Crippen LogP contribution in [0.15, 0.2) is 47.1 Å². The van der Waals surface area contributed by atoms with Crippen molar-refractivity contribution in [2.75, 3.05) is 6.61 Å². The smallest absolute Gasteiger partial charge is 0.437 e. The fourth-order valence-corrected chi connectivity index (χ4v) is 3.89. The van der Waals surface area contributed by atoms with E-state index in [9.17, 15) is 23.1 Å². The number of aromatic carboxylic acids is 1. The fraction of sp³-hybridized carbons (Fsp3) is 0.304. The van der Waals surface area contributed by atoms with E-state index >= 15 is 0 Å². The van der Waals surface area contributed by atoms with Crippen molar-refractivity contribution in [1.82, 2.24) is 9.72 Å². The summed E-state index contributed by atoms with van der Waals surface area (Å²) in [7, 11) is 0. The van der Waals surface area contributed by atoms with Gasteiger partial charge < -0.3 is 18.9 Å². The highest BCUT2D eigenvalue weighted by molar-refractivity contribution is 6.02. The number of aryl methyl sites for hydroxylation is 2. The normalized spacial score (nSPS) is 12.0. The molecule has 0 aliphatic rings. The minimum atomic E-state index is -4.59. The maximum atomic E-state index is 13.1. The number of aromatic nitrogens is 2. The van der Waals surface area contributed by atoms with Gasteiger partial charge in [-0.15, -0.1) is 0 Å². The lowest BCUT2D eigenvalue weighted by atomic mass is 10.0. The SMILES string of the molecule is CCCc1c(OCCCn2ccc3c(C(=O)O)cccc32)ccc2c(C(F)(F)F)noc12. The van der Waals surface area contributed by atoms with Crippen LogP contribution in [0.3, 0.4) is 0 Å². The molecule has 0 amide bonds. The summed E-state index contributed by atoms with van der Waals surface area (Å²) < 4.78 is 52.3. The number of carbonyl (C=O) groups is 1. The zero-order valence-electron chi connectivity index (χ0n) is 17.3. The number of carboxylic acids is 1. The lowest BCUT2D eigenvalue weighted by Gasteiger charge is -2.12. The Morgan fingerprint density at radius 3 is 2.72 bits per heavy atom. The molecule has 0 saturated carbocycles. The van der Waals surface area contributed by atoms with Crippen molar-refractivity contribution in [2.24, 2.45) is 0 Å². The van der Waals surface area contributed by atoms with Gasteiger partial charge in [0.25, 0.3) is 0 Å². The van der Waals surface area contributed by atoms with Gasteiger partial charge in [-0.05, 0) is 43.2 Å². The number of halogens is 3. The van der Waals surface area contributed by atoms with E-state index in [-0.39, 0.29) is 16.5 Å². The largest absolute Gasteiger partial charge is 0.493 e. The molecule has 4 rings (SSSR count). The molecule has 0 unspecified atom stereocenters. The molecule has 0 aliphatic carbocycles. The summed E-state index contributed by atoms with van der Waals surface area (Å²) in [5.41, 5.74) is 0.719. The van der Waals surface area contributed by atoms with Gasteiger partial charge in [0.2, 0.25) is 0 Å². The molecule has 0 atom stereocenters. The van der Waals surface area contributed by atoms with Crippen LogP contribution in [0.5, 0.6) is 5.75 Å². The van der Waals surface area contributed by atoms with Gasteiger partial charge in [-0.3, -0.25) is 0 Å². The minimum absolute atomic E-state index is 0.0682. The Kier molecular flexibility index (Phi) is 5.82. The van der Waals surface area contributed by atoms with Crippen LogP contribution in [0, 0.1) is 0 Å². The second-order valence-corrected chi connectivity index (χ2v) is 7.45. The Morgan fingerprint density at radius 1 is 1.19 bits per heavy atom. The Bertz CT molecular complexity index is 1270. The third-order valence-electron chi connectivity index (χ3n) is 5.31. The second kappa shape index (κ2) is 8.57. The van der Waals surface area contributed by atoms with Crippen molar-refractivity contribution in [3.8, 4) is 5.75 Å². The van der Waals surface area contributed by atoms with Gasteiger partial charge in [-0.2, -0.15) is 13.2 Å². The summed E-state index contributed by atoms with van der Waals surface area (Å²) in [4.78, 5) is 11.4. The maximum Gasteiger partial charge on any atom is 0.437 e. The average molecular weight is 446 g/mol. The number of hydrogen-bond acceptors (Lipinski definition) is 4. The number of nitrogens with zero attached hydrogens (tertiary/aromatic N) is 2. The highest BCUT2D eigenvalue weighted by Gasteiger charge is 2.37. The van der Waals surface area contributed by atoms with Crippen LogP contribution in [0.1, 0.15) is 41.4 Å². The van der Waals surface area contributed by atoms with E-state index in [1.807, 2.05) is 23.8 Å². The molecule has 4 aromatic rings. The molecule has 0 bridgehead atoms. The van der Waals surface area contributed by atoms with Crippen LogP contribution in [0.2, 0.25) is 0 Å². The van der Waals surface area contributed by atoms with Crippen LogP contribution in [0.25, 0.3) is 21.9 Å². The first-order valence-electron chi connectivity index (χ1n) is 10.2. The van der Waals surface area contributed by atoms with Crippen molar-refractivity contribution in [3.05, 3.63) is 59.4 Å². The standard InChI is InChI=1S/C23H21F3N2O4/c1-2-5-16-19(9-8-17-20(16)32-27-21(17)23(24,25)26)31-13-4-11-28-12-10-14-15(22(29)30)6-3-7-18(14)28/h3,6-10,12H,2,4-5,11,13H2,1H3,(H,29,30). The van der Waals surface area contributed by atoms with Crippen LogP contribution in [-0.2, 0) is 19.1 Å². The molecule has 0 fully saturated rings. The molecule has 168 valence electrons. The molecular formula is C23H21F3N2O4. The van der Waals surface area contributed by atoms with Gasteiger partial charge in [-0.1, -0.05) is 24.6 Å². The van der Waals surface area contributed by atoms with Crippen LogP contribution in [0.4, 0.5) is 13.2 Å². The van der Waals surface area contributed by atoms with Crippen LogP contribution < -0.4 is 4.74 Å². The third kappa shape index (κ3) is 4.02. The van der Waals surface area contributed by atoms with Gasteiger partial charge in [-0.25, -0.2) is 4.79 Å². The lowest BCUT2D eigenvalue weighted by Crippen LogP contribution is -2.07. The van der Waals surface area contributed by atoms with E-state index in [2.05, 4.69) is 5.16 Å². The van der Waals surface area contributed by atoms with Gasteiger partial charge in [0.15, 0.2) is 11.3 Å². The quantitative estimate of drug-likeness (QED) is 0.340. The Labute approximate surface area is 181 Å². The number of alkyl halides is 3. The van der Waals surface area contributed by atoms with E-state index in [0.29, 0.717) is 49.1 Å². The van der Waals surface area contributed by atoms with Gasteiger partial charge >= 0.3 is 12.1 Å². The van der Waals surface area contributed by atoms with Crippen molar-refractivity contribution >= 4 is 27.8 Å². The minimum Gasteiger partial charge on any atom is -0.493 e. The monoisotopic (exact) mass is 446 g/mol. The summed E-state index contributed by atoms with van der Waals surface area (Å²) in [6, 6.07) is 9.77. The number of hydrogen-bond donors (Lipinski definition) is 1. The third-order valence-corrected chi connectivity index (χ3v) is 5.31. The first kappa shape index (κ1) is 21.7. The number of fused-ring (bicyclic) bond motifs is 2. The first-order valence-corrected chi connectivity index (χ1v) is 10.2. The van der Waals surface area contributed by atoms with Crippen molar-refractivity contribution in [3.63, 3.8) is 0 Å². The molecule has 32 heavy (non-hydrogen) atoms. The highest BCUT2D eigenvalue weighted by atomic mass is 19.4. The maximum absolute atomic E-state index is 13.1.